The Morgan fingerprint density at radius 2 is 1.88 bits per heavy atom. The molecule has 1 N–H and O–H groups in total. The number of anilines is 2. The van der Waals surface area contributed by atoms with E-state index in [1.54, 1.807) is 20.3 Å². The van der Waals surface area contributed by atoms with Crippen molar-refractivity contribution in [3.8, 4) is 11.5 Å². The Morgan fingerprint density at radius 1 is 1.19 bits per heavy atom. The van der Waals surface area contributed by atoms with Crippen molar-refractivity contribution in [1.82, 2.24) is 0 Å². The second kappa shape index (κ2) is 7.51. The summed E-state index contributed by atoms with van der Waals surface area (Å²) in [5.74, 6) is 1.48. The summed E-state index contributed by atoms with van der Waals surface area (Å²) in [6, 6.07) is 11.0. The van der Waals surface area contributed by atoms with Gasteiger partial charge in [0.15, 0.2) is 0 Å². The Balaban J connectivity index is 1.77. The van der Waals surface area contributed by atoms with Crippen LogP contribution in [0.1, 0.15) is 12.0 Å². The lowest BCUT2D eigenvalue weighted by atomic mass is 10.1. The minimum absolute atomic E-state index is 0.117. The zero-order valence-electron chi connectivity index (χ0n) is 15.2. The van der Waals surface area contributed by atoms with Crippen molar-refractivity contribution in [2.75, 3.05) is 37.5 Å². The normalized spacial score (nSPS) is 16.4. The molecule has 0 spiro atoms. The fourth-order valence-electron chi connectivity index (χ4n) is 3.28. The number of nitro benzene ring substituents is 1. The molecule has 1 fully saturated rings. The van der Waals surface area contributed by atoms with Gasteiger partial charge in [0.2, 0.25) is 0 Å². The lowest BCUT2D eigenvalue weighted by Gasteiger charge is -2.21. The summed E-state index contributed by atoms with van der Waals surface area (Å²) in [6.45, 7) is 3.49. The van der Waals surface area contributed by atoms with E-state index >= 15 is 0 Å². The molecule has 7 nitrogen and oxygen atoms in total. The van der Waals surface area contributed by atoms with Gasteiger partial charge in [-0.05, 0) is 18.9 Å². The van der Waals surface area contributed by atoms with Crippen LogP contribution in [-0.2, 0) is 0 Å². The van der Waals surface area contributed by atoms with Crippen LogP contribution in [0.15, 0.2) is 36.4 Å². The van der Waals surface area contributed by atoms with Crippen LogP contribution in [-0.4, -0.2) is 38.3 Å². The fraction of sp³-hybridized carbons (Fsp3) is 0.368. The van der Waals surface area contributed by atoms with Crippen LogP contribution in [0.2, 0.25) is 0 Å². The maximum absolute atomic E-state index is 11.3. The Kier molecular flexibility index (Phi) is 5.16. The minimum Gasteiger partial charge on any atom is -0.497 e. The SMILES string of the molecule is COc1cc(OC)cc(N2CCC(Nc3c(C)cccc3[N+](=O)[O-])C2)c1. The first-order chi connectivity index (χ1) is 12.5. The third kappa shape index (κ3) is 3.66. The quantitative estimate of drug-likeness (QED) is 0.629. The van der Waals surface area contributed by atoms with Crippen LogP contribution in [0.4, 0.5) is 17.1 Å². The van der Waals surface area contributed by atoms with Crippen molar-refractivity contribution in [2.45, 2.75) is 19.4 Å². The van der Waals surface area contributed by atoms with Crippen LogP contribution >= 0.6 is 0 Å². The predicted molar refractivity (Wildman–Crippen MR) is 102 cm³/mol. The van der Waals surface area contributed by atoms with Gasteiger partial charge in [0.1, 0.15) is 17.2 Å². The second-order valence-corrected chi connectivity index (χ2v) is 6.37. The van der Waals surface area contributed by atoms with Crippen molar-refractivity contribution in [2.24, 2.45) is 0 Å². The molecule has 1 atom stereocenters. The van der Waals surface area contributed by atoms with E-state index in [9.17, 15) is 10.1 Å². The van der Waals surface area contributed by atoms with Gasteiger partial charge in [0.25, 0.3) is 5.69 Å². The Morgan fingerprint density at radius 3 is 2.50 bits per heavy atom. The van der Waals surface area contributed by atoms with E-state index in [1.807, 2.05) is 31.2 Å². The summed E-state index contributed by atoms with van der Waals surface area (Å²) in [6.07, 6.45) is 0.894. The molecule has 7 heteroatoms. The molecule has 0 aromatic heterocycles. The summed E-state index contributed by atoms with van der Waals surface area (Å²) in [7, 11) is 3.26. The van der Waals surface area contributed by atoms with Crippen molar-refractivity contribution in [1.29, 1.82) is 0 Å². The molecule has 2 aromatic rings. The molecular formula is C19H23N3O4. The molecule has 0 amide bonds. The highest BCUT2D eigenvalue weighted by atomic mass is 16.6. The zero-order valence-corrected chi connectivity index (χ0v) is 15.2. The van der Waals surface area contributed by atoms with Gasteiger partial charge in [-0.1, -0.05) is 12.1 Å². The third-order valence-corrected chi connectivity index (χ3v) is 4.69. The van der Waals surface area contributed by atoms with Gasteiger partial charge in [-0.15, -0.1) is 0 Å². The van der Waals surface area contributed by atoms with Crippen LogP contribution in [0.5, 0.6) is 11.5 Å². The van der Waals surface area contributed by atoms with Crippen LogP contribution < -0.4 is 19.7 Å². The standard InChI is InChI=1S/C19H23N3O4/c1-13-5-4-6-18(22(23)24)19(13)20-14-7-8-21(12-14)15-9-16(25-2)11-17(10-15)26-3/h4-6,9-11,14,20H,7-8,12H2,1-3H3. The average molecular weight is 357 g/mol. The van der Waals surface area contributed by atoms with E-state index in [-0.39, 0.29) is 16.7 Å². The Labute approximate surface area is 152 Å². The van der Waals surface area contributed by atoms with Crippen LogP contribution in [0.3, 0.4) is 0 Å². The number of hydrogen-bond donors (Lipinski definition) is 1. The number of ether oxygens (including phenoxy) is 2. The summed E-state index contributed by atoms with van der Waals surface area (Å²) in [5, 5.41) is 14.7. The molecule has 0 aliphatic carbocycles. The number of hydrogen-bond acceptors (Lipinski definition) is 6. The van der Waals surface area contributed by atoms with E-state index in [1.165, 1.54) is 6.07 Å². The monoisotopic (exact) mass is 357 g/mol. The molecule has 1 aliphatic heterocycles. The van der Waals surface area contributed by atoms with Crippen molar-refractivity contribution >= 4 is 17.1 Å². The van der Waals surface area contributed by atoms with Gasteiger partial charge in [0.05, 0.1) is 19.1 Å². The van der Waals surface area contributed by atoms with Gasteiger partial charge in [-0.25, -0.2) is 0 Å². The third-order valence-electron chi connectivity index (χ3n) is 4.69. The van der Waals surface area contributed by atoms with E-state index in [0.717, 1.165) is 42.3 Å². The van der Waals surface area contributed by atoms with Gasteiger partial charge in [-0.2, -0.15) is 0 Å². The number of nitrogens with zero attached hydrogens (tertiary/aromatic N) is 2. The molecule has 0 radical (unpaired) electrons. The summed E-state index contributed by atoms with van der Waals surface area (Å²) in [4.78, 5) is 13.2. The smallest absolute Gasteiger partial charge is 0.292 e. The topological polar surface area (TPSA) is 76.9 Å². The molecule has 0 bridgehead atoms. The number of benzene rings is 2. The molecule has 26 heavy (non-hydrogen) atoms. The predicted octanol–water partition coefficient (Wildman–Crippen LogP) is 3.61. The molecular weight excluding hydrogens is 334 g/mol. The maximum atomic E-state index is 11.3. The molecule has 3 rings (SSSR count). The summed E-state index contributed by atoms with van der Waals surface area (Å²) >= 11 is 0. The van der Waals surface area contributed by atoms with Gasteiger partial charge in [0, 0.05) is 49.1 Å². The van der Waals surface area contributed by atoms with Gasteiger partial charge in [-0.3, -0.25) is 10.1 Å². The Hall–Kier alpha value is -2.96. The zero-order chi connectivity index (χ0) is 18.7. The summed E-state index contributed by atoms with van der Waals surface area (Å²) in [5.41, 5.74) is 2.62. The number of methoxy groups -OCH3 is 2. The highest BCUT2D eigenvalue weighted by Gasteiger charge is 2.26. The number of nitrogens with one attached hydrogen (secondary N) is 1. The number of rotatable bonds is 6. The average Bonchev–Trinajstić information content (AvgIpc) is 3.11. The summed E-state index contributed by atoms with van der Waals surface area (Å²) < 4.78 is 10.7. The largest absolute Gasteiger partial charge is 0.497 e. The first kappa shape index (κ1) is 17.8. The van der Waals surface area contributed by atoms with Gasteiger partial charge < -0.3 is 19.7 Å². The Bertz CT molecular complexity index is 787. The molecule has 1 unspecified atom stereocenters. The number of nitro groups is 1. The maximum Gasteiger partial charge on any atom is 0.292 e. The second-order valence-electron chi connectivity index (χ2n) is 6.37. The highest BCUT2D eigenvalue weighted by molar-refractivity contribution is 5.67. The van der Waals surface area contributed by atoms with Crippen molar-refractivity contribution < 1.29 is 14.4 Å². The number of para-hydroxylation sites is 1. The highest BCUT2D eigenvalue weighted by Crippen LogP contribution is 2.33. The first-order valence-electron chi connectivity index (χ1n) is 8.50. The molecule has 138 valence electrons. The van der Waals surface area contributed by atoms with Crippen LogP contribution in [0, 0.1) is 17.0 Å². The molecule has 0 saturated carbocycles. The van der Waals surface area contributed by atoms with E-state index in [2.05, 4.69) is 10.2 Å². The minimum atomic E-state index is -0.338. The lowest BCUT2D eigenvalue weighted by molar-refractivity contribution is -0.384. The van der Waals surface area contributed by atoms with Crippen molar-refractivity contribution in [3.05, 3.63) is 52.1 Å². The van der Waals surface area contributed by atoms with E-state index < -0.39 is 0 Å². The van der Waals surface area contributed by atoms with E-state index in [4.69, 9.17) is 9.47 Å². The molecule has 1 aliphatic rings. The fourth-order valence-corrected chi connectivity index (χ4v) is 3.28. The van der Waals surface area contributed by atoms with E-state index in [0.29, 0.717) is 5.69 Å². The lowest BCUT2D eigenvalue weighted by Crippen LogP contribution is -2.26. The van der Waals surface area contributed by atoms with Crippen LogP contribution in [0.25, 0.3) is 0 Å². The van der Waals surface area contributed by atoms with Gasteiger partial charge >= 0.3 is 0 Å². The molecule has 1 saturated heterocycles. The number of aryl methyl sites for hydroxylation is 1. The van der Waals surface area contributed by atoms with Crippen molar-refractivity contribution in [3.63, 3.8) is 0 Å². The molecule has 1 heterocycles. The molecule has 2 aromatic carbocycles. The first-order valence-corrected chi connectivity index (χ1v) is 8.50.